The van der Waals surface area contributed by atoms with E-state index in [2.05, 4.69) is 0 Å². The lowest BCUT2D eigenvalue weighted by Crippen LogP contribution is -2.32. The van der Waals surface area contributed by atoms with Crippen molar-refractivity contribution in [3.8, 4) is 11.5 Å². The van der Waals surface area contributed by atoms with Crippen LogP contribution in [-0.2, 0) is 7.05 Å². The minimum atomic E-state index is -0.128. The molecule has 1 saturated heterocycles. The van der Waals surface area contributed by atoms with Crippen LogP contribution in [0.25, 0.3) is 0 Å². The van der Waals surface area contributed by atoms with Crippen molar-refractivity contribution >= 4 is 5.91 Å². The standard InChI is InChI=1S/C19H20N2O4/c1-20-12-13(7-8-17(20)22)19(23)21-9-3-5-15(21)14-4-2-6-16-18(14)25-11-10-24-16/h2,4,6-8,12,15H,3,5,9-11H2,1H3. The SMILES string of the molecule is Cn1cc(C(=O)N2CCCC2c2cccc3c2OCCO3)ccc1=O. The number of rotatable bonds is 2. The van der Waals surface area contributed by atoms with Gasteiger partial charge in [0.2, 0.25) is 5.56 Å². The van der Waals surface area contributed by atoms with E-state index in [0.29, 0.717) is 25.3 Å². The highest BCUT2D eigenvalue weighted by molar-refractivity contribution is 5.94. The molecule has 0 bridgehead atoms. The summed E-state index contributed by atoms with van der Waals surface area (Å²) in [4.78, 5) is 26.4. The van der Waals surface area contributed by atoms with Crippen molar-refractivity contribution < 1.29 is 14.3 Å². The summed E-state index contributed by atoms with van der Waals surface area (Å²) in [6.07, 6.45) is 3.42. The molecule has 25 heavy (non-hydrogen) atoms. The van der Waals surface area contributed by atoms with Gasteiger partial charge in [-0.15, -0.1) is 0 Å². The maximum atomic E-state index is 13.0. The van der Waals surface area contributed by atoms with Crippen molar-refractivity contribution in [2.45, 2.75) is 18.9 Å². The molecule has 1 unspecified atom stereocenters. The molecule has 0 radical (unpaired) electrons. The first-order valence-corrected chi connectivity index (χ1v) is 8.51. The van der Waals surface area contributed by atoms with Crippen LogP contribution in [0.15, 0.2) is 41.3 Å². The molecular formula is C19H20N2O4. The highest BCUT2D eigenvalue weighted by Crippen LogP contribution is 2.43. The lowest BCUT2D eigenvalue weighted by molar-refractivity contribution is 0.0730. The molecule has 0 N–H and O–H groups in total. The molecular weight excluding hydrogens is 320 g/mol. The van der Waals surface area contributed by atoms with Gasteiger partial charge in [-0.05, 0) is 25.0 Å². The molecule has 1 aromatic carbocycles. The number of para-hydroxylation sites is 1. The molecule has 1 atom stereocenters. The van der Waals surface area contributed by atoms with E-state index in [1.807, 2.05) is 23.1 Å². The largest absolute Gasteiger partial charge is 0.486 e. The molecule has 0 saturated carbocycles. The molecule has 0 spiro atoms. The molecule has 6 nitrogen and oxygen atoms in total. The summed E-state index contributed by atoms with van der Waals surface area (Å²) < 4.78 is 12.9. The third-order valence-electron chi connectivity index (χ3n) is 4.80. The van der Waals surface area contributed by atoms with E-state index in [-0.39, 0.29) is 17.5 Å². The molecule has 1 fully saturated rings. The zero-order chi connectivity index (χ0) is 17.4. The number of carbonyl (C=O) groups excluding carboxylic acids is 1. The average molecular weight is 340 g/mol. The van der Waals surface area contributed by atoms with Gasteiger partial charge >= 0.3 is 0 Å². The summed E-state index contributed by atoms with van der Waals surface area (Å²) in [7, 11) is 1.65. The Morgan fingerprint density at radius 2 is 2.00 bits per heavy atom. The third-order valence-corrected chi connectivity index (χ3v) is 4.80. The van der Waals surface area contributed by atoms with Crippen LogP contribution in [0.5, 0.6) is 11.5 Å². The number of benzene rings is 1. The smallest absolute Gasteiger partial charge is 0.255 e. The van der Waals surface area contributed by atoms with Gasteiger partial charge in [-0.25, -0.2) is 0 Å². The highest BCUT2D eigenvalue weighted by atomic mass is 16.6. The van der Waals surface area contributed by atoms with Crippen LogP contribution in [-0.4, -0.2) is 35.1 Å². The number of aromatic nitrogens is 1. The van der Waals surface area contributed by atoms with Crippen molar-refractivity contribution in [3.63, 3.8) is 0 Å². The first-order valence-electron chi connectivity index (χ1n) is 8.51. The summed E-state index contributed by atoms with van der Waals surface area (Å²) >= 11 is 0. The van der Waals surface area contributed by atoms with E-state index in [1.54, 1.807) is 19.3 Å². The number of hydrogen-bond donors (Lipinski definition) is 0. The van der Waals surface area contributed by atoms with Crippen LogP contribution >= 0.6 is 0 Å². The van der Waals surface area contributed by atoms with Crippen molar-refractivity contribution in [3.05, 3.63) is 58.0 Å². The molecule has 1 amide bonds. The number of likely N-dealkylation sites (tertiary alicyclic amines) is 1. The Morgan fingerprint density at radius 1 is 1.16 bits per heavy atom. The van der Waals surface area contributed by atoms with Crippen molar-refractivity contribution in [1.82, 2.24) is 9.47 Å². The third kappa shape index (κ3) is 2.77. The molecule has 6 heteroatoms. The van der Waals surface area contributed by atoms with Gasteiger partial charge in [0, 0.05) is 31.4 Å². The molecule has 3 heterocycles. The number of ether oxygens (including phenoxy) is 2. The summed E-state index contributed by atoms with van der Waals surface area (Å²) in [5.41, 5.74) is 1.39. The predicted octanol–water partition coefficient (Wildman–Crippen LogP) is 2.13. The van der Waals surface area contributed by atoms with Gasteiger partial charge in [0.1, 0.15) is 13.2 Å². The second-order valence-electron chi connectivity index (χ2n) is 6.39. The minimum Gasteiger partial charge on any atom is -0.486 e. The van der Waals surface area contributed by atoms with Gasteiger partial charge in [-0.2, -0.15) is 0 Å². The monoisotopic (exact) mass is 340 g/mol. The number of hydrogen-bond acceptors (Lipinski definition) is 4. The summed E-state index contributed by atoms with van der Waals surface area (Å²) in [5.74, 6) is 1.43. The zero-order valence-electron chi connectivity index (χ0n) is 14.1. The Hall–Kier alpha value is -2.76. The number of amides is 1. The van der Waals surface area contributed by atoms with Crippen LogP contribution in [0.4, 0.5) is 0 Å². The van der Waals surface area contributed by atoms with Gasteiger partial charge in [0.25, 0.3) is 5.91 Å². The number of pyridine rings is 1. The molecule has 0 aliphatic carbocycles. The lowest BCUT2D eigenvalue weighted by atomic mass is 10.0. The fourth-order valence-corrected chi connectivity index (χ4v) is 3.58. The molecule has 130 valence electrons. The van der Waals surface area contributed by atoms with Crippen molar-refractivity contribution in [1.29, 1.82) is 0 Å². The van der Waals surface area contributed by atoms with E-state index in [0.717, 1.165) is 29.9 Å². The van der Waals surface area contributed by atoms with Crippen LogP contribution < -0.4 is 15.0 Å². The van der Waals surface area contributed by atoms with E-state index < -0.39 is 0 Å². The summed E-state index contributed by atoms with van der Waals surface area (Å²) in [5, 5.41) is 0. The van der Waals surface area contributed by atoms with Gasteiger partial charge in [0.15, 0.2) is 11.5 Å². The maximum Gasteiger partial charge on any atom is 0.255 e. The number of fused-ring (bicyclic) bond motifs is 1. The van der Waals surface area contributed by atoms with Crippen LogP contribution in [0.3, 0.4) is 0 Å². The first-order chi connectivity index (χ1) is 12.1. The first kappa shape index (κ1) is 15.7. The van der Waals surface area contributed by atoms with Gasteiger partial charge in [-0.3, -0.25) is 9.59 Å². The summed E-state index contributed by atoms with van der Waals surface area (Å²) in [6.45, 7) is 1.75. The molecule has 2 aliphatic heterocycles. The van der Waals surface area contributed by atoms with Gasteiger partial charge in [-0.1, -0.05) is 12.1 Å². The highest BCUT2D eigenvalue weighted by Gasteiger charge is 2.34. The topological polar surface area (TPSA) is 60.8 Å². The summed E-state index contributed by atoms with van der Waals surface area (Å²) in [6, 6.07) is 8.83. The number of nitrogens with zero attached hydrogens (tertiary/aromatic N) is 2. The quantitative estimate of drug-likeness (QED) is 0.840. The Labute approximate surface area is 145 Å². The Balaban J connectivity index is 1.68. The second kappa shape index (κ2) is 6.27. The second-order valence-corrected chi connectivity index (χ2v) is 6.39. The van der Waals surface area contributed by atoms with E-state index in [1.165, 1.54) is 10.6 Å². The zero-order valence-corrected chi connectivity index (χ0v) is 14.1. The number of aryl methyl sites for hydroxylation is 1. The maximum absolute atomic E-state index is 13.0. The molecule has 2 aromatic rings. The Morgan fingerprint density at radius 3 is 2.84 bits per heavy atom. The van der Waals surface area contributed by atoms with Crippen LogP contribution in [0.2, 0.25) is 0 Å². The normalized spacial score (nSPS) is 19.1. The fourth-order valence-electron chi connectivity index (χ4n) is 3.58. The average Bonchev–Trinajstić information content (AvgIpc) is 3.12. The van der Waals surface area contributed by atoms with E-state index in [4.69, 9.17) is 9.47 Å². The Kier molecular flexibility index (Phi) is 3.95. The fraction of sp³-hybridized carbons (Fsp3) is 0.368. The van der Waals surface area contributed by atoms with E-state index >= 15 is 0 Å². The Bertz CT molecular complexity index is 874. The molecule has 4 rings (SSSR count). The van der Waals surface area contributed by atoms with Crippen molar-refractivity contribution in [2.24, 2.45) is 7.05 Å². The van der Waals surface area contributed by atoms with Crippen LogP contribution in [0.1, 0.15) is 34.8 Å². The van der Waals surface area contributed by atoms with Gasteiger partial charge in [0.05, 0.1) is 11.6 Å². The van der Waals surface area contributed by atoms with Crippen molar-refractivity contribution in [2.75, 3.05) is 19.8 Å². The van der Waals surface area contributed by atoms with Gasteiger partial charge < -0.3 is 18.9 Å². The predicted molar refractivity (Wildman–Crippen MR) is 92.1 cm³/mol. The van der Waals surface area contributed by atoms with E-state index in [9.17, 15) is 9.59 Å². The molecule has 1 aromatic heterocycles. The lowest BCUT2D eigenvalue weighted by Gasteiger charge is -2.29. The minimum absolute atomic E-state index is 0.0404. The number of carbonyl (C=O) groups is 1. The van der Waals surface area contributed by atoms with Crippen LogP contribution in [0, 0.1) is 0 Å². The molecule has 2 aliphatic rings.